The Hall–Kier alpha value is -0.830. The number of hydrogen-bond acceptors (Lipinski definition) is 0. The molecule has 0 aromatic heterocycles. The summed E-state index contributed by atoms with van der Waals surface area (Å²) in [5, 5.41) is 0. The van der Waals surface area contributed by atoms with Gasteiger partial charge in [0.2, 0.25) is 0 Å². The largest absolute Gasteiger partial charge is 0.0885 e. The van der Waals surface area contributed by atoms with Crippen LogP contribution in [0.1, 0.15) is 49.1 Å². The van der Waals surface area contributed by atoms with Gasteiger partial charge in [-0.25, -0.2) is 0 Å². The lowest BCUT2D eigenvalue weighted by Crippen LogP contribution is -2.05. The van der Waals surface area contributed by atoms with Crippen molar-refractivity contribution in [2.75, 3.05) is 0 Å². The lowest BCUT2D eigenvalue weighted by atomic mass is 9.82. The van der Waals surface area contributed by atoms with Gasteiger partial charge in [0, 0.05) is 3.57 Å². The molecule has 0 saturated heterocycles. The molecule has 98 valence electrons. The molecule has 1 aromatic carbocycles. The standard InChI is InChI=1S/C18H19I/c19-16-11-12-17(14-7-3-1-4-8-14)18(13-16)15-9-5-2-6-10-15/h1-3,5,7,11-13,15H,4,6,8-10H2. The first-order valence-electron chi connectivity index (χ1n) is 7.15. The smallest absolute Gasteiger partial charge is 0.0133 e. The van der Waals surface area contributed by atoms with E-state index in [1.165, 1.54) is 46.8 Å². The Kier molecular flexibility index (Phi) is 4.21. The zero-order chi connectivity index (χ0) is 13.1. The van der Waals surface area contributed by atoms with Gasteiger partial charge in [-0.3, -0.25) is 0 Å². The molecule has 2 aliphatic carbocycles. The number of rotatable bonds is 2. The fraction of sp³-hybridized carbons (Fsp3) is 0.333. The molecule has 0 aliphatic heterocycles. The SMILES string of the molecule is Ic1ccc(C2=CC=CCC2)c(C2CC=CCC2)c1. The summed E-state index contributed by atoms with van der Waals surface area (Å²) in [6.45, 7) is 0. The minimum atomic E-state index is 0.710. The van der Waals surface area contributed by atoms with Crippen molar-refractivity contribution in [3.8, 4) is 0 Å². The predicted molar refractivity (Wildman–Crippen MR) is 91.2 cm³/mol. The van der Waals surface area contributed by atoms with Crippen molar-refractivity contribution in [2.24, 2.45) is 0 Å². The molecular formula is C18H19I. The predicted octanol–water partition coefficient (Wildman–Crippen LogP) is 5.85. The Morgan fingerprint density at radius 3 is 2.74 bits per heavy atom. The monoisotopic (exact) mass is 362 g/mol. The van der Waals surface area contributed by atoms with Gasteiger partial charge in [0.25, 0.3) is 0 Å². The summed E-state index contributed by atoms with van der Waals surface area (Å²) in [4.78, 5) is 0. The lowest BCUT2D eigenvalue weighted by molar-refractivity contribution is 0.615. The van der Waals surface area contributed by atoms with Crippen LogP contribution in [0, 0.1) is 3.57 Å². The van der Waals surface area contributed by atoms with Crippen LogP contribution in [0.3, 0.4) is 0 Å². The second kappa shape index (κ2) is 6.08. The first-order chi connectivity index (χ1) is 9.34. The van der Waals surface area contributed by atoms with E-state index in [1.807, 2.05) is 0 Å². The molecule has 1 unspecified atom stereocenters. The van der Waals surface area contributed by atoms with Gasteiger partial charge in [-0.2, -0.15) is 0 Å². The molecule has 0 spiro atoms. The molecule has 19 heavy (non-hydrogen) atoms. The molecular weight excluding hydrogens is 343 g/mol. The Bertz CT molecular complexity index is 549. The molecule has 0 heterocycles. The minimum Gasteiger partial charge on any atom is -0.0885 e. The highest BCUT2D eigenvalue weighted by Crippen LogP contribution is 2.37. The zero-order valence-electron chi connectivity index (χ0n) is 11.1. The molecule has 0 bridgehead atoms. The quantitative estimate of drug-likeness (QED) is 0.457. The molecule has 0 radical (unpaired) electrons. The second-order valence-corrected chi connectivity index (χ2v) is 6.62. The van der Waals surface area contributed by atoms with E-state index >= 15 is 0 Å². The molecule has 0 N–H and O–H groups in total. The zero-order valence-corrected chi connectivity index (χ0v) is 13.3. The van der Waals surface area contributed by atoms with Gasteiger partial charge in [0.15, 0.2) is 0 Å². The first kappa shape index (κ1) is 13.2. The van der Waals surface area contributed by atoms with Crippen LogP contribution in [0.5, 0.6) is 0 Å². The van der Waals surface area contributed by atoms with E-state index in [0.29, 0.717) is 5.92 Å². The average molecular weight is 362 g/mol. The van der Waals surface area contributed by atoms with Crippen LogP contribution in [0.2, 0.25) is 0 Å². The Morgan fingerprint density at radius 1 is 1.05 bits per heavy atom. The lowest BCUT2D eigenvalue weighted by Gasteiger charge is -2.23. The summed E-state index contributed by atoms with van der Waals surface area (Å²) < 4.78 is 1.36. The van der Waals surface area contributed by atoms with Crippen molar-refractivity contribution in [1.82, 2.24) is 0 Å². The maximum absolute atomic E-state index is 2.44. The van der Waals surface area contributed by atoms with E-state index in [1.54, 1.807) is 5.56 Å². The summed E-state index contributed by atoms with van der Waals surface area (Å²) in [7, 11) is 0. The summed E-state index contributed by atoms with van der Waals surface area (Å²) in [5.74, 6) is 0.710. The Labute approximate surface area is 129 Å². The van der Waals surface area contributed by atoms with Gasteiger partial charge in [-0.15, -0.1) is 0 Å². The van der Waals surface area contributed by atoms with E-state index < -0.39 is 0 Å². The summed E-state index contributed by atoms with van der Waals surface area (Å²) >= 11 is 2.44. The van der Waals surface area contributed by atoms with Crippen LogP contribution in [0.15, 0.2) is 48.6 Å². The van der Waals surface area contributed by atoms with Gasteiger partial charge in [0.05, 0.1) is 0 Å². The molecule has 0 fully saturated rings. The summed E-state index contributed by atoms with van der Waals surface area (Å²) in [5.41, 5.74) is 4.58. The van der Waals surface area contributed by atoms with Crippen molar-refractivity contribution in [3.05, 3.63) is 63.3 Å². The van der Waals surface area contributed by atoms with Crippen LogP contribution < -0.4 is 0 Å². The van der Waals surface area contributed by atoms with Crippen LogP contribution in [-0.2, 0) is 0 Å². The minimum absolute atomic E-state index is 0.710. The molecule has 1 atom stereocenters. The van der Waals surface area contributed by atoms with E-state index in [4.69, 9.17) is 0 Å². The van der Waals surface area contributed by atoms with E-state index in [2.05, 4.69) is 71.2 Å². The summed E-state index contributed by atoms with van der Waals surface area (Å²) in [6.07, 6.45) is 17.6. The Morgan fingerprint density at radius 2 is 2.00 bits per heavy atom. The summed E-state index contributed by atoms with van der Waals surface area (Å²) in [6, 6.07) is 6.98. The number of hydrogen-bond donors (Lipinski definition) is 0. The normalized spacial score (nSPS) is 22.4. The fourth-order valence-corrected chi connectivity index (χ4v) is 3.58. The van der Waals surface area contributed by atoms with Crippen LogP contribution in [0.4, 0.5) is 0 Å². The van der Waals surface area contributed by atoms with Crippen molar-refractivity contribution in [2.45, 2.75) is 38.0 Å². The highest BCUT2D eigenvalue weighted by Gasteiger charge is 2.18. The highest BCUT2D eigenvalue weighted by molar-refractivity contribution is 14.1. The van der Waals surface area contributed by atoms with Crippen molar-refractivity contribution in [3.63, 3.8) is 0 Å². The van der Waals surface area contributed by atoms with Gasteiger partial charge in [0.1, 0.15) is 0 Å². The van der Waals surface area contributed by atoms with Gasteiger partial charge >= 0.3 is 0 Å². The molecule has 0 nitrogen and oxygen atoms in total. The number of halogens is 1. The average Bonchev–Trinajstić information content (AvgIpc) is 2.49. The third-order valence-corrected chi connectivity index (χ3v) is 4.75. The van der Waals surface area contributed by atoms with E-state index in [0.717, 1.165) is 0 Å². The van der Waals surface area contributed by atoms with E-state index in [9.17, 15) is 0 Å². The third kappa shape index (κ3) is 3.02. The van der Waals surface area contributed by atoms with Gasteiger partial charge in [-0.1, -0.05) is 36.4 Å². The topological polar surface area (TPSA) is 0 Å². The van der Waals surface area contributed by atoms with Crippen LogP contribution in [0.25, 0.3) is 5.57 Å². The molecule has 1 aromatic rings. The Balaban J connectivity index is 2.01. The second-order valence-electron chi connectivity index (χ2n) is 5.37. The molecule has 2 aliphatic rings. The molecule has 0 saturated carbocycles. The molecule has 1 heteroatoms. The number of benzene rings is 1. The van der Waals surface area contributed by atoms with Gasteiger partial charge < -0.3 is 0 Å². The maximum atomic E-state index is 2.44. The van der Waals surface area contributed by atoms with Crippen molar-refractivity contribution >= 4 is 28.2 Å². The first-order valence-corrected chi connectivity index (χ1v) is 8.23. The fourth-order valence-electron chi connectivity index (χ4n) is 3.07. The van der Waals surface area contributed by atoms with Gasteiger partial charge in [-0.05, 0) is 89.4 Å². The maximum Gasteiger partial charge on any atom is 0.0133 e. The molecule has 0 amide bonds. The van der Waals surface area contributed by atoms with E-state index in [-0.39, 0.29) is 0 Å². The van der Waals surface area contributed by atoms with Crippen LogP contribution in [-0.4, -0.2) is 0 Å². The third-order valence-electron chi connectivity index (χ3n) is 4.08. The van der Waals surface area contributed by atoms with Crippen molar-refractivity contribution in [1.29, 1.82) is 0 Å². The van der Waals surface area contributed by atoms with Crippen molar-refractivity contribution < 1.29 is 0 Å². The highest BCUT2D eigenvalue weighted by atomic mass is 127. The molecule has 3 rings (SSSR count). The van der Waals surface area contributed by atoms with Crippen LogP contribution >= 0.6 is 22.6 Å². The number of allylic oxidation sites excluding steroid dienone is 6.